The Morgan fingerprint density at radius 3 is 2.58 bits per heavy atom. The third kappa shape index (κ3) is 5.93. The van der Waals surface area contributed by atoms with Crippen LogP contribution in [0.15, 0.2) is 48.5 Å². The zero-order valence-corrected chi connectivity index (χ0v) is 14.0. The van der Waals surface area contributed by atoms with Gasteiger partial charge in [0.25, 0.3) is 5.91 Å². The summed E-state index contributed by atoms with van der Waals surface area (Å²) in [5, 5.41) is 3.15. The molecule has 2 aromatic carbocycles. The number of rotatable bonds is 7. The molecule has 126 valence electrons. The predicted octanol–water partition coefficient (Wildman–Crippen LogP) is 3.00. The highest BCUT2D eigenvalue weighted by atomic mass is 35.5. The largest absolute Gasteiger partial charge is 0.492 e. The molecule has 0 heterocycles. The lowest BCUT2D eigenvalue weighted by atomic mass is 10.2. The Hall–Kier alpha value is -2.53. The van der Waals surface area contributed by atoms with Gasteiger partial charge in [-0.2, -0.15) is 0 Å². The van der Waals surface area contributed by atoms with Crippen LogP contribution in [0.4, 0.5) is 0 Å². The molecule has 0 fully saturated rings. The van der Waals surface area contributed by atoms with Crippen LogP contribution in [0.1, 0.15) is 15.9 Å². The first-order chi connectivity index (χ1) is 11.5. The summed E-state index contributed by atoms with van der Waals surface area (Å²) >= 11 is 5.74. The van der Waals surface area contributed by atoms with Crippen molar-refractivity contribution in [1.29, 1.82) is 0 Å². The van der Waals surface area contributed by atoms with E-state index >= 15 is 0 Å². The normalized spacial score (nSPS) is 10.1. The SMILES string of the molecule is Cc1cccc(OCCNC(=O)COC(=O)c2ccc(Cl)cc2)c1. The minimum Gasteiger partial charge on any atom is -0.492 e. The molecule has 0 spiro atoms. The molecular formula is C18H18ClNO4. The average molecular weight is 348 g/mol. The van der Waals surface area contributed by atoms with Crippen molar-refractivity contribution in [3.8, 4) is 5.75 Å². The lowest BCUT2D eigenvalue weighted by Crippen LogP contribution is -2.32. The third-order valence-electron chi connectivity index (χ3n) is 3.10. The van der Waals surface area contributed by atoms with E-state index in [9.17, 15) is 9.59 Å². The van der Waals surface area contributed by atoms with Gasteiger partial charge in [-0.15, -0.1) is 0 Å². The van der Waals surface area contributed by atoms with E-state index in [1.165, 1.54) is 12.1 Å². The molecular weight excluding hydrogens is 330 g/mol. The molecule has 5 nitrogen and oxygen atoms in total. The molecule has 1 amide bonds. The molecule has 0 aliphatic carbocycles. The van der Waals surface area contributed by atoms with Gasteiger partial charge in [0.05, 0.1) is 12.1 Å². The van der Waals surface area contributed by atoms with Crippen molar-refractivity contribution in [3.05, 3.63) is 64.7 Å². The second kappa shape index (κ2) is 8.93. The van der Waals surface area contributed by atoms with Crippen LogP contribution < -0.4 is 10.1 Å². The summed E-state index contributed by atoms with van der Waals surface area (Å²) in [6.45, 7) is 2.29. The molecule has 0 atom stereocenters. The Morgan fingerprint density at radius 2 is 1.88 bits per heavy atom. The van der Waals surface area contributed by atoms with Crippen LogP contribution in [0.2, 0.25) is 5.02 Å². The van der Waals surface area contributed by atoms with Crippen molar-refractivity contribution in [3.63, 3.8) is 0 Å². The van der Waals surface area contributed by atoms with Crippen molar-refractivity contribution < 1.29 is 19.1 Å². The van der Waals surface area contributed by atoms with Crippen LogP contribution in [-0.2, 0) is 9.53 Å². The van der Waals surface area contributed by atoms with Crippen molar-refractivity contribution in [2.75, 3.05) is 19.8 Å². The van der Waals surface area contributed by atoms with Gasteiger partial charge in [-0.25, -0.2) is 4.79 Å². The summed E-state index contributed by atoms with van der Waals surface area (Å²) in [5.74, 6) is -0.207. The zero-order valence-electron chi connectivity index (χ0n) is 13.3. The number of benzene rings is 2. The molecule has 0 bridgehead atoms. The molecule has 0 unspecified atom stereocenters. The Morgan fingerprint density at radius 1 is 1.12 bits per heavy atom. The molecule has 0 saturated carbocycles. The smallest absolute Gasteiger partial charge is 0.338 e. The average Bonchev–Trinajstić information content (AvgIpc) is 2.57. The molecule has 2 rings (SSSR count). The van der Waals surface area contributed by atoms with E-state index in [0.717, 1.165) is 11.3 Å². The first-order valence-electron chi connectivity index (χ1n) is 7.43. The van der Waals surface area contributed by atoms with Crippen LogP contribution in [0, 0.1) is 6.92 Å². The van der Waals surface area contributed by atoms with E-state index in [4.69, 9.17) is 21.1 Å². The number of carbonyl (C=O) groups excluding carboxylic acids is 2. The molecule has 2 aromatic rings. The van der Waals surface area contributed by atoms with E-state index in [0.29, 0.717) is 23.7 Å². The van der Waals surface area contributed by atoms with E-state index in [-0.39, 0.29) is 12.5 Å². The van der Waals surface area contributed by atoms with E-state index in [1.807, 2.05) is 31.2 Å². The van der Waals surface area contributed by atoms with Gasteiger partial charge in [-0.1, -0.05) is 23.7 Å². The number of hydrogen-bond acceptors (Lipinski definition) is 4. The molecule has 1 N–H and O–H groups in total. The number of aryl methyl sites for hydroxylation is 1. The van der Waals surface area contributed by atoms with E-state index in [1.54, 1.807) is 12.1 Å². The molecule has 0 aromatic heterocycles. The van der Waals surface area contributed by atoms with Crippen molar-refractivity contribution in [2.45, 2.75) is 6.92 Å². The van der Waals surface area contributed by atoms with Gasteiger partial charge in [0.15, 0.2) is 6.61 Å². The Labute approximate surface area is 145 Å². The summed E-state index contributed by atoms with van der Waals surface area (Å²) in [6, 6.07) is 13.9. The number of amides is 1. The maximum atomic E-state index is 11.7. The van der Waals surface area contributed by atoms with Gasteiger partial charge in [-0.05, 0) is 48.9 Å². The fourth-order valence-electron chi connectivity index (χ4n) is 1.92. The second-order valence-electron chi connectivity index (χ2n) is 5.10. The van der Waals surface area contributed by atoms with Gasteiger partial charge >= 0.3 is 5.97 Å². The highest BCUT2D eigenvalue weighted by Gasteiger charge is 2.09. The Bertz CT molecular complexity index is 700. The van der Waals surface area contributed by atoms with Crippen molar-refractivity contribution in [2.24, 2.45) is 0 Å². The first-order valence-corrected chi connectivity index (χ1v) is 7.81. The van der Waals surface area contributed by atoms with E-state index in [2.05, 4.69) is 5.32 Å². The Kier molecular flexibility index (Phi) is 6.63. The second-order valence-corrected chi connectivity index (χ2v) is 5.53. The number of nitrogens with one attached hydrogen (secondary N) is 1. The standard InChI is InChI=1S/C18H18ClNO4/c1-13-3-2-4-16(11-13)23-10-9-20-17(21)12-24-18(22)14-5-7-15(19)8-6-14/h2-8,11H,9-10,12H2,1H3,(H,20,21). The minimum absolute atomic E-state index is 0.325. The summed E-state index contributed by atoms with van der Waals surface area (Å²) < 4.78 is 10.4. The number of halogens is 1. The van der Waals surface area contributed by atoms with Crippen molar-refractivity contribution in [1.82, 2.24) is 5.32 Å². The molecule has 24 heavy (non-hydrogen) atoms. The summed E-state index contributed by atoms with van der Waals surface area (Å²) in [4.78, 5) is 23.4. The summed E-state index contributed by atoms with van der Waals surface area (Å²) in [5.41, 5.74) is 1.45. The fourth-order valence-corrected chi connectivity index (χ4v) is 2.04. The van der Waals surface area contributed by atoms with Gasteiger partial charge in [-0.3, -0.25) is 4.79 Å². The van der Waals surface area contributed by atoms with Gasteiger partial charge in [0.2, 0.25) is 0 Å². The van der Waals surface area contributed by atoms with Crippen LogP contribution >= 0.6 is 11.6 Å². The summed E-state index contributed by atoms with van der Waals surface area (Å²) in [7, 11) is 0. The van der Waals surface area contributed by atoms with Gasteiger partial charge in [0.1, 0.15) is 12.4 Å². The van der Waals surface area contributed by atoms with Crippen LogP contribution in [-0.4, -0.2) is 31.6 Å². The molecule has 6 heteroatoms. The minimum atomic E-state index is -0.571. The van der Waals surface area contributed by atoms with E-state index < -0.39 is 5.97 Å². The lowest BCUT2D eigenvalue weighted by Gasteiger charge is -2.09. The quantitative estimate of drug-likeness (QED) is 0.617. The van der Waals surface area contributed by atoms with Crippen LogP contribution in [0.3, 0.4) is 0 Å². The van der Waals surface area contributed by atoms with Crippen LogP contribution in [0.25, 0.3) is 0 Å². The number of ether oxygens (including phenoxy) is 2. The number of carbonyl (C=O) groups is 2. The maximum absolute atomic E-state index is 11.7. The zero-order chi connectivity index (χ0) is 17.4. The van der Waals surface area contributed by atoms with Gasteiger partial charge < -0.3 is 14.8 Å². The van der Waals surface area contributed by atoms with Gasteiger partial charge in [0, 0.05) is 5.02 Å². The maximum Gasteiger partial charge on any atom is 0.338 e. The highest BCUT2D eigenvalue weighted by molar-refractivity contribution is 6.30. The third-order valence-corrected chi connectivity index (χ3v) is 3.35. The highest BCUT2D eigenvalue weighted by Crippen LogP contribution is 2.12. The number of esters is 1. The topological polar surface area (TPSA) is 64.6 Å². The first kappa shape index (κ1) is 17.8. The molecule has 0 aliphatic rings. The monoisotopic (exact) mass is 347 g/mol. The molecule has 0 aliphatic heterocycles. The van der Waals surface area contributed by atoms with Crippen LogP contribution in [0.5, 0.6) is 5.75 Å². The predicted molar refractivity (Wildman–Crippen MR) is 91.4 cm³/mol. The molecule has 0 saturated heterocycles. The molecule has 0 radical (unpaired) electrons. The fraction of sp³-hybridized carbons (Fsp3) is 0.222. The number of hydrogen-bond donors (Lipinski definition) is 1. The van der Waals surface area contributed by atoms with Crippen molar-refractivity contribution >= 4 is 23.5 Å². The lowest BCUT2D eigenvalue weighted by molar-refractivity contribution is -0.124. The Balaban J connectivity index is 1.64. The summed E-state index contributed by atoms with van der Waals surface area (Å²) in [6.07, 6.45) is 0.